The number of anilines is 1. The summed E-state index contributed by atoms with van der Waals surface area (Å²) in [6.45, 7) is 2.49. The van der Waals surface area contributed by atoms with Gasteiger partial charge in [0.15, 0.2) is 0 Å². The Balaban J connectivity index is 1.48. The van der Waals surface area contributed by atoms with Crippen LogP contribution in [0.25, 0.3) is 11.1 Å². The van der Waals surface area contributed by atoms with Crippen molar-refractivity contribution in [3.63, 3.8) is 0 Å². The van der Waals surface area contributed by atoms with Crippen LogP contribution in [0, 0.1) is 6.92 Å². The number of rotatable bonds is 8. The van der Waals surface area contributed by atoms with Crippen LogP contribution in [0.2, 0.25) is 0 Å². The van der Waals surface area contributed by atoms with Gasteiger partial charge in [0.1, 0.15) is 0 Å². The molecular formula is C23H25N3O3S. The lowest BCUT2D eigenvalue weighted by molar-refractivity contribution is 0.0953. The molecule has 0 saturated carbocycles. The number of nitrogens with zero attached hydrogens (tertiary/aromatic N) is 1. The molecule has 1 aromatic heterocycles. The van der Waals surface area contributed by atoms with E-state index in [0.29, 0.717) is 17.8 Å². The average Bonchev–Trinajstić information content (AvgIpc) is 2.71. The van der Waals surface area contributed by atoms with Crippen molar-refractivity contribution < 1.29 is 13.2 Å². The Hall–Kier alpha value is -3.19. The normalized spacial score (nSPS) is 11.1. The highest BCUT2D eigenvalue weighted by Crippen LogP contribution is 2.22. The zero-order valence-corrected chi connectivity index (χ0v) is 17.9. The van der Waals surface area contributed by atoms with E-state index in [0.717, 1.165) is 35.9 Å². The number of pyridine rings is 1. The van der Waals surface area contributed by atoms with Crippen molar-refractivity contribution in [1.82, 2.24) is 10.3 Å². The average molecular weight is 424 g/mol. The number of sulfonamides is 1. The molecule has 0 aliphatic heterocycles. The van der Waals surface area contributed by atoms with Crippen molar-refractivity contribution in [3.8, 4) is 11.1 Å². The molecule has 0 spiro atoms. The number of carbonyl (C=O) groups excluding carboxylic acids is 1. The second-order valence-electron chi connectivity index (χ2n) is 7.20. The second-order valence-corrected chi connectivity index (χ2v) is 8.94. The highest BCUT2D eigenvalue weighted by atomic mass is 32.2. The van der Waals surface area contributed by atoms with Crippen LogP contribution >= 0.6 is 0 Å². The Kier molecular flexibility index (Phi) is 6.84. The van der Waals surface area contributed by atoms with Gasteiger partial charge in [-0.1, -0.05) is 36.4 Å². The molecule has 30 heavy (non-hydrogen) atoms. The molecule has 3 aromatic rings. The molecular weight excluding hydrogens is 398 g/mol. The van der Waals surface area contributed by atoms with Crippen LogP contribution in [0.15, 0.2) is 66.9 Å². The van der Waals surface area contributed by atoms with Gasteiger partial charge in [-0.2, -0.15) is 0 Å². The van der Waals surface area contributed by atoms with Gasteiger partial charge < -0.3 is 5.32 Å². The monoisotopic (exact) mass is 423 g/mol. The summed E-state index contributed by atoms with van der Waals surface area (Å²) >= 11 is 0. The molecule has 0 unspecified atom stereocenters. The summed E-state index contributed by atoms with van der Waals surface area (Å²) in [5, 5.41) is 2.92. The van der Waals surface area contributed by atoms with E-state index in [2.05, 4.69) is 27.2 Å². The van der Waals surface area contributed by atoms with Crippen molar-refractivity contribution in [2.24, 2.45) is 0 Å². The summed E-state index contributed by atoms with van der Waals surface area (Å²) in [6, 6.07) is 19.1. The lowest BCUT2D eigenvalue weighted by Gasteiger charge is -2.08. The smallest absolute Gasteiger partial charge is 0.252 e. The molecule has 0 aliphatic rings. The van der Waals surface area contributed by atoms with Gasteiger partial charge in [0.05, 0.1) is 11.8 Å². The number of aromatic nitrogens is 1. The Morgan fingerprint density at radius 3 is 2.13 bits per heavy atom. The van der Waals surface area contributed by atoms with Gasteiger partial charge in [-0.15, -0.1) is 0 Å². The first-order valence-electron chi connectivity index (χ1n) is 9.68. The van der Waals surface area contributed by atoms with Gasteiger partial charge in [-0.25, -0.2) is 8.42 Å². The molecule has 2 N–H and O–H groups in total. The SMILES string of the molecule is Cc1ccc(C(=O)NCCCc2ccc(-c3ccc(NS(C)(=O)=O)cc3)cc2)cn1. The van der Waals surface area contributed by atoms with Crippen molar-refractivity contribution in [1.29, 1.82) is 0 Å². The maximum atomic E-state index is 12.1. The molecule has 2 aromatic carbocycles. The zero-order chi connectivity index (χ0) is 21.6. The molecule has 0 bridgehead atoms. The minimum absolute atomic E-state index is 0.105. The number of benzene rings is 2. The van der Waals surface area contributed by atoms with Gasteiger partial charge in [-0.3, -0.25) is 14.5 Å². The van der Waals surface area contributed by atoms with Crippen LogP contribution in [-0.4, -0.2) is 32.1 Å². The first-order chi connectivity index (χ1) is 14.3. The molecule has 0 radical (unpaired) electrons. The lowest BCUT2D eigenvalue weighted by atomic mass is 10.0. The van der Waals surface area contributed by atoms with E-state index in [9.17, 15) is 13.2 Å². The van der Waals surface area contributed by atoms with Crippen LogP contribution < -0.4 is 10.0 Å². The third-order valence-electron chi connectivity index (χ3n) is 4.58. The van der Waals surface area contributed by atoms with Crippen molar-refractivity contribution in [3.05, 3.63) is 83.7 Å². The van der Waals surface area contributed by atoms with E-state index in [-0.39, 0.29) is 5.91 Å². The minimum Gasteiger partial charge on any atom is -0.352 e. The molecule has 156 valence electrons. The van der Waals surface area contributed by atoms with Crippen LogP contribution in [0.4, 0.5) is 5.69 Å². The lowest BCUT2D eigenvalue weighted by Crippen LogP contribution is -2.24. The number of amides is 1. The fraction of sp³-hybridized carbons (Fsp3) is 0.217. The summed E-state index contributed by atoms with van der Waals surface area (Å²) < 4.78 is 25.0. The summed E-state index contributed by atoms with van der Waals surface area (Å²) in [6.07, 6.45) is 4.43. The van der Waals surface area contributed by atoms with E-state index in [1.807, 2.05) is 37.3 Å². The Morgan fingerprint density at radius 1 is 0.933 bits per heavy atom. The molecule has 1 amide bonds. The van der Waals surface area contributed by atoms with Gasteiger partial charge >= 0.3 is 0 Å². The van der Waals surface area contributed by atoms with Crippen molar-refractivity contribution in [2.75, 3.05) is 17.5 Å². The van der Waals surface area contributed by atoms with Crippen LogP contribution in [0.3, 0.4) is 0 Å². The summed E-state index contributed by atoms with van der Waals surface area (Å²) in [7, 11) is -3.27. The van der Waals surface area contributed by atoms with Crippen molar-refractivity contribution >= 4 is 21.6 Å². The molecule has 0 saturated heterocycles. The number of hydrogen-bond acceptors (Lipinski definition) is 4. The third-order valence-corrected chi connectivity index (χ3v) is 5.18. The Labute approximate surface area is 177 Å². The quantitative estimate of drug-likeness (QED) is 0.540. The molecule has 7 heteroatoms. The minimum atomic E-state index is -3.27. The Bertz CT molecular complexity index is 1090. The predicted molar refractivity (Wildman–Crippen MR) is 120 cm³/mol. The molecule has 3 rings (SSSR count). The number of aryl methyl sites for hydroxylation is 2. The largest absolute Gasteiger partial charge is 0.352 e. The van der Waals surface area contributed by atoms with E-state index >= 15 is 0 Å². The first kappa shape index (κ1) is 21.5. The zero-order valence-electron chi connectivity index (χ0n) is 17.1. The van der Waals surface area contributed by atoms with E-state index in [1.165, 1.54) is 5.56 Å². The standard InChI is InChI=1S/C23H25N3O3S/c1-17-5-8-21(16-25-17)23(27)24-15-3-4-18-6-9-19(10-7-18)20-11-13-22(14-12-20)26-30(2,28)29/h5-14,16,26H,3-4,15H2,1-2H3,(H,24,27). The van der Waals surface area contributed by atoms with Gasteiger partial charge in [0.2, 0.25) is 10.0 Å². The predicted octanol–water partition coefficient (Wildman–Crippen LogP) is 3.79. The van der Waals surface area contributed by atoms with Crippen LogP contribution in [0.5, 0.6) is 0 Å². The van der Waals surface area contributed by atoms with E-state index < -0.39 is 10.0 Å². The number of carbonyl (C=O) groups is 1. The highest BCUT2D eigenvalue weighted by Gasteiger charge is 2.05. The maximum absolute atomic E-state index is 12.1. The molecule has 0 fully saturated rings. The number of nitrogens with one attached hydrogen (secondary N) is 2. The second kappa shape index (κ2) is 9.54. The highest BCUT2D eigenvalue weighted by molar-refractivity contribution is 7.92. The number of hydrogen-bond donors (Lipinski definition) is 2. The maximum Gasteiger partial charge on any atom is 0.252 e. The molecule has 6 nitrogen and oxygen atoms in total. The fourth-order valence-electron chi connectivity index (χ4n) is 3.01. The topological polar surface area (TPSA) is 88.2 Å². The summed E-state index contributed by atoms with van der Waals surface area (Å²) in [5.41, 5.74) is 5.27. The molecule has 0 atom stereocenters. The van der Waals surface area contributed by atoms with Crippen LogP contribution in [0.1, 0.15) is 28.0 Å². The van der Waals surface area contributed by atoms with Gasteiger partial charge in [0, 0.05) is 24.1 Å². The first-order valence-corrected chi connectivity index (χ1v) is 11.6. The third kappa shape index (κ3) is 6.42. The molecule has 1 heterocycles. The van der Waals surface area contributed by atoms with Crippen molar-refractivity contribution in [2.45, 2.75) is 19.8 Å². The summed E-state index contributed by atoms with van der Waals surface area (Å²) in [5.74, 6) is -0.105. The Morgan fingerprint density at radius 2 is 1.57 bits per heavy atom. The van der Waals surface area contributed by atoms with Gasteiger partial charge in [0.25, 0.3) is 5.91 Å². The summed E-state index contributed by atoms with van der Waals surface area (Å²) in [4.78, 5) is 16.2. The van der Waals surface area contributed by atoms with E-state index in [1.54, 1.807) is 24.4 Å². The van der Waals surface area contributed by atoms with E-state index in [4.69, 9.17) is 0 Å². The fourth-order valence-corrected chi connectivity index (χ4v) is 3.57. The van der Waals surface area contributed by atoms with Gasteiger partial charge in [-0.05, 0) is 60.7 Å². The van der Waals surface area contributed by atoms with Crippen LogP contribution in [-0.2, 0) is 16.4 Å². The molecule has 0 aliphatic carbocycles.